The number of methoxy groups -OCH3 is 2. The van der Waals surface area contributed by atoms with Crippen molar-refractivity contribution in [2.24, 2.45) is 0 Å². The van der Waals surface area contributed by atoms with Gasteiger partial charge in [0.2, 0.25) is 0 Å². The van der Waals surface area contributed by atoms with Crippen LogP contribution in [0.25, 0.3) is 0 Å². The minimum atomic E-state index is 0.715. The summed E-state index contributed by atoms with van der Waals surface area (Å²) in [7, 11) is 3.33. The van der Waals surface area contributed by atoms with Crippen molar-refractivity contribution in [3.05, 3.63) is 95.4 Å². The van der Waals surface area contributed by atoms with Crippen LogP contribution in [0.3, 0.4) is 0 Å². The average Bonchev–Trinajstić information content (AvgIpc) is 2.71. The normalized spacial score (nSPS) is 10.4. The highest BCUT2D eigenvalue weighted by molar-refractivity contribution is 7.78. The molecule has 3 rings (SSSR count). The molecule has 0 heterocycles. The van der Waals surface area contributed by atoms with Gasteiger partial charge in [0, 0.05) is 0 Å². The van der Waals surface area contributed by atoms with Crippen LogP contribution >= 0.6 is 12.2 Å². The molecular weight excluding hydrogens is 344 g/mol. The van der Waals surface area contributed by atoms with E-state index in [4.69, 9.17) is 26.4 Å². The van der Waals surface area contributed by atoms with E-state index in [-0.39, 0.29) is 0 Å². The van der Waals surface area contributed by atoms with Gasteiger partial charge in [0.05, 0.1) is 20.1 Å². The van der Waals surface area contributed by atoms with Crippen LogP contribution in [0, 0.1) is 5.92 Å². The van der Waals surface area contributed by atoms with E-state index in [0.29, 0.717) is 5.75 Å². The molecule has 0 saturated heterocycles. The van der Waals surface area contributed by atoms with Gasteiger partial charge in [0.15, 0.2) is 5.55 Å². The van der Waals surface area contributed by atoms with Crippen molar-refractivity contribution in [1.82, 2.24) is 0 Å². The molecule has 3 nitrogen and oxygen atoms in total. The lowest BCUT2D eigenvalue weighted by Crippen LogP contribution is -2.05. The average molecular weight is 363 g/mol. The molecule has 0 saturated carbocycles. The maximum atomic E-state index is 5.28. The van der Waals surface area contributed by atoms with Gasteiger partial charge < -0.3 is 14.2 Å². The molecule has 0 unspecified atom stereocenters. The summed E-state index contributed by atoms with van der Waals surface area (Å²) in [6.45, 7) is 0. The first-order valence-corrected chi connectivity index (χ1v) is 8.59. The van der Waals surface area contributed by atoms with Gasteiger partial charge >= 0.3 is 0 Å². The monoisotopic (exact) mass is 363 g/mol. The fourth-order valence-electron chi connectivity index (χ4n) is 2.77. The number of benzene rings is 3. The van der Waals surface area contributed by atoms with Gasteiger partial charge in [0.1, 0.15) is 17.2 Å². The molecule has 0 aliphatic heterocycles. The quantitative estimate of drug-likeness (QED) is 0.433. The fourth-order valence-corrected chi connectivity index (χ4v) is 2.88. The van der Waals surface area contributed by atoms with Crippen LogP contribution in [0.1, 0.15) is 16.7 Å². The molecule has 3 aromatic carbocycles. The van der Waals surface area contributed by atoms with Crippen LogP contribution in [0.2, 0.25) is 0 Å². The summed E-state index contributed by atoms with van der Waals surface area (Å²) in [5.41, 5.74) is 4.53. The standard InChI is InChI=1S/C22H19O3S/c1-23-19-9-3-16(4-10-19)22(17-5-11-20(24-2)12-6-17)18-7-13-21(14-8-18)25-15-26/h3-15H,1-2H3. The van der Waals surface area contributed by atoms with Crippen molar-refractivity contribution in [2.45, 2.75) is 0 Å². The third-order valence-electron chi connectivity index (χ3n) is 4.08. The Morgan fingerprint density at radius 1 is 0.615 bits per heavy atom. The minimum Gasteiger partial charge on any atom is -0.497 e. The van der Waals surface area contributed by atoms with Crippen molar-refractivity contribution < 1.29 is 14.2 Å². The Labute approximate surface area is 159 Å². The molecule has 0 aromatic heterocycles. The van der Waals surface area contributed by atoms with Crippen LogP contribution in [0.15, 0.2) is 72.8 Å². The van der Waals surface area contributed by atoms with Gasteiger partial charge in [0.25, 0.3) is 0 Å². The van der Waals surface area contributed by atoms with E-state index in [1.54, 1.807) is 14.2 Å². The van der Waals surface area contributed by atoms with Crippen LogP contribution in [0.4, 0.5) is 0 Å². The minimum absolute atomic E-state index is 0.715. The molecule has 4 heteroatoms. The summed E-state index contributed by atoms with van der Waals surface area (Å²) in [6.07, 6.45) is 0. The van der Waals surface area contributed by atoms with Gasteiger partial charge in [-0.2, -0.15) is 0 Å². The second-order valence-electron chi connectivity index (χ2n) is 5.57. The van der Waals surface area contributed by atoms with E-state index in [9.17, 15) is 0 Å². The molecule has 0 atom stereocenters. The zero-order valence-corrected chi connectivity index (χ0v) is 15.5. The molecule has 0 amide bonds. The number of hydrogen-bond acceptors (Lipinski definition) is 4. The Hall–Kier alpha value is -2.85. The number of thiocarbonyl (C=S) groups is 1. The Kier molecular flexibility index (Phi) is 5.87. The maximum Gasteiger partial charge on any atom is 0.154 e. The first kappa shape index (κ1) is 18.0. The first-order chi connectivity index (χ1) is 12.7. The van der Waals surface area contributed by atoms with Crippen molar-refractivity contribution >= 4 is 17.8 Å². The largest absolute Gasteiger partial charge is 0.497 e. The summed E-state index contributed by atoms with van der Waals surface area (Å²) < 4.78 is 15.8. The van der Waals surface area contributed by atoms with Crippen molar-refractivity contribution in [3.8, 4) is 17.2 Å². The van der Waals surface area contributed by atoms with Crippen LogP contribution in [-0.4, -0.2) is 19.8 Å². The first-order valence-electron chi connectivity index (χ1n) is 8.11. The predicted molar refractivity (Wildman–Crippen MR) is 107 cm³/mol. The smallest absolute Gasteiger partial charge is 0.154 e. The molecule has 0 aliphatic rings. The molecule has 1 radical (unpaired) electrons. The van der Waals surface area contributed by atoms with E-state index in [1.165, 1.54) is 5.55 Å². The zero-order chi connectivity index (χ0) is 18.4. The summed E-state index contributed by atoms with van der Waals surface area (Å²) in [5.74, 6) is 3.48. The summed E-state index contributed by atoms with van der Waals surface area (Å²) in [5, 5.41) is 0. The van der Waals surface area contributed by atoms with Gasteiger partial charge in [-0.15, -0.1) is 0 Å². The fraction of sp³-hybridized carbons (Fsp3) is 0.0909. The molecule has 3 aromatic rings. The molecule has 0 spiro atoms. The van der Waals surface area contributed by atoms with E-state index in [2.05, 4.69) is 24.3 Å². The lowest BCUT2D eigenvalue weighted by Gasteiger charge is -2.19. The Morgan fingerprint density at radius 2 is 0.962 bits per heavy atom. The molecule has 0 aliphatic carbocycles. The highest BCUT2D eigenvalue weighted by Crippen LogP contribution is 2.33. The van der Waals surface area contributed by atoms with E-state index < -0.39 is 0 Å². The second kappa shape index (κ2) is 8.50. The van der Waals surface area contributed by atoms with E-state index >= 15 is 0 Å². The summed E-state index contributed by atoms with van der Waals surface area (Å²) in [6, 6.07) is 23.9. The van der Waals surface area contributed by atoms with Crippen LogP contribution in [0.5, 0.6) is 17.2 Å². The zero-order valence-electron chi connectivity index (χ0n) is 14.6. The summed E-state index contributed by atoms with van der Waals surface area (Å²) >= 11 is 4.74. The van der Waals surface area contributed by atoms with Gasteiger partial charge in [-0.1, -0.05) is 36.4 Å². The SMILES string of the molecule is COc1ccc([C](c2ccc(OC)cc2)c2ccc(OC=S)cc2)cc1. The molecule has 0 fully saturated rings. The molecule has 26 heavy (non-hydrogen) atoms. The molecule has 0 bridgehead atoms. The summed E-state index contributed by atoms with van der Waals surface area (Å²) in [4.78, 5) is 0. The van der Waals surface area contributed by atoms with E-state index in [0.717, 1.165) is 34.1 Å². The van der Waals surface area contributed by atoms with Crippen molar-refractivity contribution in [1.29, 1.82) is 0 Å². The Balaban J connectivity index is 2.03. The van der Waals surface area contributed by atoms with Crippen molar-refractivity contribution in [3.63, 3.8) is 0 Å². The molecular formula is C22H19O3S. The highest BCUT2D eigenvalue weighted by atomic mass is 32.1. The van der Waals surface area contributed by atoms with Crippen LogP contribution < -0.4 is 14.2 Å². The van der Waals surface area contributed by atoms with Gasteiger partial charge in [-0.25, -0.2) is 0 Å². The van der Waals surface area contributed by atoms with E-state index in [1.807, 2.05) is 48.5 Å². The number of hydrogen-bond donors (Lipinski definition) is 0. The highest BCUT2D eigenvalue weighted by Gasteiger charge is 2.18. The molecule has 131 valence electrons. The lowest BCUT2D eigenvalue weighted by atomic mass is 9.85. The van der Waals surface area contributed by atoms with Crippen molar-refractivity contribution in [2.75, 3.05) is 14.2 Å². The number of rotatable bonds is 7. The van der Waals surface area contributed by atoms with Gasteiger partial charge in [-0.05, 0) is 65.3 Å². The predicted octanol–water partition coefficient (Wildman–Crippen LogP) is 5.06. The Bertz CT molecular complexity index is 793. The lowest BCUT2D eigenvalue weighted by molar-refractivity contribution is 0.414. The number of ether oxygens (including phenoxy) is 3. The van der Waals surface area contributed by atoms with Gasteiger partial charge in [-0.3, -0.25) is 0 Å². The second-order valence-corrected chi connectivity index (χ2v) is 5.76. The van der Waals surface area contributed by atoms with Crippen LogP contribution in [-0.2, 0) is 0 Å². The topological polar surface area (TPSA) is 27.7 Å². The maximum absolute atomic E-state index is 5.28. The Morgan fingerprint density at radius 3 is 1.27 bits per heavy atom. The third kappa shape index (κ3) is 4.03. The molecule has 0 N–H and O–H groups in total. The third-order valence-corrected chi connectivity index (χ3v) is 4.18.